The van der Waals surface area contributed by atoms with E-state index in [-0.39, 0.29) is 11.7 Å². The molecule has 5 heteroatoms. The number of amides is 1. The van der Waals surface area contributed by atoms with Crippen LogP contribution in [0.3, 0.4) is 0 Å². The lowest BCUT2D eigenvalue weighted by Crippen LogP contribution is -2.12. The molecular formula is C18H16FN3O. The highest BCUT2D eigenvalue weighted by Gasteiger charge is 2.11. The molecule has 3 aromatic rings. The van der Waals surface area contributed by atoms with Crippen LogP contribution in [-0.2, 0) is 0 Å². The maximum Gasteiger partial charge on any atom is 0.258 e. The van der Waals surface area contributed by atoms with E-state index < -0.39 is 0 Å². The number of carbonyl (C=O) groups is 1. The summed E-state index contributed by atoms with van der Waals surface area (Å²) in [5, 5.41) is 7.04. The number of benzene rings is 2. The third kappa shape index (κ3) is 3.29. The first-order valence-corrected chi connectivity index (χ1v) is 7.22. The average Bonchev–Trinajstić information content (AvgIpc) is 3.02. The molecule has 3 rings (SSSR count). The molecule has 0 bridgehead atoms. The van der Waals surface area contributed by atoms with Crippen molar-refractivity contribution >= 4 is 11.6 Å². The molecule has 0 fully saturated rings. The molecule has 1 aromatic heterocycles. The van der Waals surface area contributed by atoms with Crippen LogP contribution in [0, 0.1) is 19.7 Å². The Balaban J connectivity index is 1.81. The standard InChI is InChI=1S/C18H16FN3O/c1-12-3-4-13(2)17(9-12)21-18(23)14-10-20-22(11-14)16-7-5-15(19)6-8-16/h3-11H,1-2H3,(H,21,23). The second-order valence-electron chi connectivity index (χ2n) is 5.42. The third-order valence-electron chi connectivity index (χ3n) is 3.58. The van der Waals surface area contributed by atoms with Crippen molar-refractivity contribution in [3.63, 3.8) is 0 Å². The first kappa shape index (κ1) is 15.0. The van der Waals surface area contributed by atoms with Gasteiger partial charge < -0.3 is 5.32 Å². The van der Waals surface area contributed by atoms with Crippen LogP contribution in [0.1, 0.15) is 21.5 Å². The predicted molar refractivity (Wildman–Crippen MR) is 87.4 cm³/mol. The van der Waals surface area contributed by atoms with E-state index in [0.717, 1.165) is 16.8 Å². The molecule has 1 heterocycles. The van der Waals surface area contributed by atoms with Crippen molar-refractivity contribution in [3.05, 3.63) is 77.4 Å². The van der Waals surface area contributed by atoms with Gasteiger partial charge in [-0.2, -0.15) is 5.10 Å². The second-order valence-corrected chi connectivity index (χ2v) is 5.42. The Bertz CT molecular complexity index is 853. The van der Waals surface area contributed by atoms with Crippen molar-refractivity contribution in [2.75, 3.05) is 5.32 Å². The van der Waals surface area contributed by atoms with Crippen LogP contribution in [0.25, 0.3) is 5.69 Å². The highest BCUT2D eigenvalue weighted by atomic mass is 19.1. The third-order valence-corrected chi connectivity index (χ3v) is 3.58. The number of aryl methyl sites for hydroxylation is 2. The summed E-state index contributed by atoms with van der Waals surface area (Å²) in [4.78, 5) is 12.4. The van der Waals surface area contributed by atoms with Crippen molar-refractivity contribution in [1.82, 2.24) is 9.78 Å². The summed E-state index contributed by atoms with van der Waals surface area (Å²) in [5.41, 5.74) is 3.99. The summed E-state index contributed by atoms with van der Waals surface area (Å²) in [7, 11) is 0. The van der Waals surface area contributed by atoms with E-state index in [2.05, 4.69) is 10.4 Å². The molecule has 4 nitrogen and oxygen atoms in total. The SMILES string of the molecule is Cc1ccc(C)c(NC(=O)c2cnn(-c3ccc(F)cc3)c2)c1. The smallest absolute Gasteiger partial charge is 0.258 e. The van der Waals surface area contributed by atoms with Crippen LogP contribution < -0.4 is 5.32 Å². The van der Waals surface area contributed by atoms with Crippen molar-refractivity contribution in [3.8, 4) is 5.69 Å². The van der Waals surface area contributed by atoms with Gasteiger partial charge in [-0.1, -0.05) is 12.1 Å². The summed E-state index contributed by atoms with van der Waals surface area (Å²) >= 11 is 0. The zero-order valence-electron chi connectivity index (χ0n) is 12.9. The predicted octanol–water partition coefficient (Wildman–Crippen LogP) is 3.88. The molecule has 0 spiro atoms. The molecule has 1 N–H and O–H groups in total. The maximum absolute atomic E-state index is 13.0. The van der Waals surface area contributed by atoms with Crippen LogP contribution in [0.5, 0.6) is 0 Å². The molecular weight excluding hydrogens is 293 g/mol. The second kappa shape index (κ2) is 6.04. The minimum Gasteiger partial charge on any atom is -0.322 e. The number of carbonyl (C=O) groups excluding carboxylic acids is 1. The zero-order chi connectivity index (χ0) is 16.4. The number of hydrogen-bond acceptors (Lipinski definition) is 2. The van der Waals surface area contributed by atoms with Gasteiger partial charge in [0.15, 0.2) is 0 Å². The molecule has 0 saturated heterocycles. The van der Waals surface area contributed by atoms with E-state index in [1.807, 2.05) is 32.0 Å². The molecule has 0 radical (unpaired) electrons. The summed E-state index contributed by atoms with van der Waals surface area (Å²) in [6.45, 7) is 3.92. The Morgan fingerprint density at radius 2 is 1.87 bits per heavy atom. The molecule has 116 valence electrons. The number of nitrogens with zero attached hydrogens (tertiary/aromatic N) is 2. The Hall–Kier alpha value is -2.95. The Kier molecular flexibility index (Phi) is 3.93. The van der Waals surface area contributed by atoms with E-state index in [4.69, 9.17) is 0 Å². The van der Waals surface area contributed by atoms with E-state index in [9.17, 15) is 9.18 Å². The van der Waals surface area contributed by atoms with Gasteiger partial charge >= 0.3 is 0 Å². The number of halogens is 1. The van der Waals surface area contributed by atoms with Crippen LogP contribution in [-0.4, -0.2) is 15.7 Å². The van der Waals surface area contributed by atoms with Gasteiger partial charge in [0.05, 0.1) is 17.4 Å². The quantitative estimate of drug-likeness (QED) is 0.798. The lowest BCUT2D eigenvalue weighted by molar-refractivity contribution is 0.102. The molecule has 1 amide bonds. The molecule has 2 aromatic carbocycles. The number of nitrogens with one attached hydrogen (secondary N) is 1. The number of anilines is 1. The van der Waals surface area contributed by atoms with Gasteiger partial charge in [0.25, 0.3) is 5.91 Å². The fraction of sp³-hybridized carbons (Fsp3) is 0.111. The lowest BCUT2D eigenvalue weighted by atomic mass is 10.1. The van der Waals surface area contributed by atoms with Crippen LogP contribution >= 0.6 is 0 Å². The van der Waals surface area contributed by atoms with Gasteiger partial charge in [-0.05, 0) is 55.3 Å². The summed E-state index contributed by atoms with van der Waals surface area (Å²) in [5.74, 6) is -0.541. The molecule has 0 unspecified atom stereocenters. The highest BCUT2D eigenvalue weighted by molar-refractivity contribution is 6.04. The first-order chi connectivity index (χ1) is 11.0. The Morgan fingerprint density at radius 3 is 2.61 bits per heavy atom. The highest BCUT2D eigenvalue weighted by Crippen LogP contribution is 2.18. The minimum absolute atomic E-state index is 0.230. The summed E-state index contributed by atoms with van der Waals surface area (Å²) < 4.78 is 14.5. The van der Waals surface area contributed by atoms with Gasteiger partial charge in [-0.3, -0.25) is 4.79 Å². The van der Waals surface area contributed by atoms with E-state index in [0.29, 0.717) is 11.3 Å². The number of hydrogen-bond donors (Lipinski definition) is 1. The fourth-order valence-corrected chi connectivity index (χ4v) is 2.24. The summed E-state index contributed by atoms with van der Waals surface area (Å²) in [6.07, 6.45) is 3.11. The van der Waals surface area contributed by atoms with E-state index in [1.165, 1.54) is 23.0 Å². The van der Waals surface area contributed by atoms with Gasteiger partial charge in [-0.25, -0.2) is 9.07 Å². The first-order valence-electron chi connectivity index (χ1n) is 7.22. The van der Waals surface area contributed by atoms with E-state index >= 15 is 0 Å². The molecule has 0 atom stereocenters. The minimum atomic E-state index is -0.311. The topological polar surface area (TPSA) is 46.9 Å². The van der Waals surface area contributed by atoms with Crippen molar-refractivity contribution in [1.29, 1.82) is 0 Å². The van der Waals surface area contributed by atoms with Gasteiger partial charge in [0.2, 0.25) is 0 Å². The van der Waals surface area contributed by atoms with Crippen molar-refractivity contribution < 1.29 is 9.18 Å². The molecule has 0 aliphatic carbocycles. The van der Waals surface area contributed by atoms with E-state index in [1.54, 1.807) is 18.3 Å². The van der Waals surface area contributed by atoms with Crippen molar-refractivity contribution in [2.45, 2.75) is 13.8 Å². The fourth-order valence-electron chi connectivity index (χ4n) is 2.24. The molecule has 23 heavy (non-hydrogen) atoms. The Labute approximate surface area is 133 Å². The van der Waals surface area contributed by atoms with Gasteiger partial charge in [0.1, 0.15) is 5.82 Å². The molecule has 0 aliphatic rings. The molecule has 0 saturated carbocycles. The maximum atomic E-state index is 13.0. The van der Waals surface area contributed by atoms with Crippen molar-refractivity contribution in [2.24, 2.45) is 0 Å². The van der Waals surface area contributed by atoms with Gasteiger partial charge in [-0.15, -0.1) is 0 Å². The van der Waals surface area contributed by atoms with Crippen LogP contribution in [0.15, 0.2) is 54.9 Å². The average molecular weight is 309 g/mol. The number of rotatable bonds is 3. The number of aromatic nitrogens is 2. The van der Waals surface area contributed by atoms with Crippen LogP contribution in [0.2, 0.25) is 0 Å². The monoisotopic (exact) mass is 309 g/mol. The normalized spacial score (nSPS) is 10.6. The zero-order valence-corrected chi connectivity index (χ0v) is 12.9. The van der Waals surface area contributed by atoms with Crippen LogP contribution in [0.4, 0.5) is 10.1 Å². The molecule has 0 aliphatic heterocycles. The summed E-state index contributed by atoms with van der Waals surface area (Å²) in [6, 6.07) is 11.8. The largest absolute Gasteiger partial charge is 0.322 e. The van der Waals surface area contributed by atoms with Gasteiger partial charge in [0, 0.05) is 11.9 Å². The Morgan fingerprint density at radius 1 is 1.13 bits per heavy atom. The lowest BCUT2D eigenvalue weighted by Gasteiger charge is -2.08.